The summed E-state index contributed by atoms with van der Waals surface area (Å²) in [6.07, 6.45) is 0. The van der Waals surface area contributed by atoms with Gasteiger partial charge in [-0.2, -0.15) is 0 Å². The number of rotatable bonds is 1. The molecule has 1 N–H and O–H groups in total. The van der Waals surface area contributed by atoms with E-state index in [1.54, 1.807) is 19.9 Å². The Morgan fingerprint density at radius 2 is 2.00 bits per heavy atom. The normalized spacial score (nSPS) is 8.64. The van der Waals surface area contributed by atoms with Crippen molar-refractivity contribution in [1.29, 1.82) is 0 Å². The van der Waals surface area contributed by atoms with Crippen LogP contribution in [0.3, 0.4) is 0 Å². The van der Waals surface area contributed by atoms with Crippen molar-refractivity contribution in [3.05, 3.63) is 40.2 Å². The molecule has 4 heteroatoms. The zero-order valence-electron chi connectivity index (χ0n) is 7.77. The molecule has 0 amide bonds. The Kier molecular flexibility index (Phi) is 4.53. The van der Waals surface area contributed by atoms with Gasteiger partial charge < -0.3 is 5.11 Å². The summed E-state index contributed by atoms with van der Waals surface area (Å²) in [6.45, 7) is 10.3. The number of hydrogen-bond acceptors (Lipinski definition) is 1. The standard InChI is InChI=1S/C10H9NO2.Pt/c1-6-4-5-8(10(12)13)7(2)9(6)11-3;/h4-5H,1-2H3,(H,12,13);. The SMILES string of the molecule is [C-]#[N+]c1c(C)ccc(C(=O)O)c1C.[Pt]. The minimum atomic E-state index is -0.984. The topological polar surface area (TPSA) is 41.7 Å². The summed E-state index contributed by atoms with van der Waals surface area (Å²) in [7, 11) is 0. The van der Waals surface area contributed by atoms with Crippen LogP contribution in [0.25, 0.3) is 4.85 Å². The second kappa shape index (κ2) is 4.93. The van der Waals surface area contributed by atoms with Gasteiger partial charge in [0.05, 0.1) is 12.1 Å². The maximum atomic E-state index is 10.7. The number of aromatic carboxylic acids is 1. The summed E-state index contributed by atoms with van der Waals surface area (Å²) < 4.78 is 0. The van der Waals surface area contributed by atoms with E-state index in [1.807, 2.05) is 0 Å². The van der Waals surface area contributed by atoms with E-state index in [4.69, 9.17) is 11.7 Å². The van der Waals surface area contributed by atoms with Crippen LogP contribution in [0.15, 0.2) is 12.1 Å². The molecule has 1 aromatic rings. The van der Waals surface area contributed by atoms with Crippen molar-refractivity contribution >= 4 is 11.7 Å². The predicted octanol–water partition coefficient (Wildman–Crippen LogP) is 2.55. The van der Waals surface area contributed by atoms with E-state index < -0.39 is 5.97 Å². The summed E-state index contributed by atoms with van der Waals surface area (Å²) in [5, 5.41) is 8.77. The van der Waals surface area contributed by atoms with E-state index in [1.165, 1.54) is 6.07 Å². The number of hydrogen-bond donors (Lipinski definition) is 1. The van der Waals surface area contributed by atoms with Gasteiger partial charge in [0.2, 0.25) is 0 Å². The minimum Gasteiger partial charge on any atom is -0.478 e. The van der Waals surface area contributed by atoms with Gasteiger partial charge in [0, 0.05) is 21.1 Å². The van der Waals surface area contributed by atoms with E-state index in [9.17, 15) is 4.79 Å². The fourth-order valence-electron chi connectivity index (χ4n) is 1.24. The molecule has 0 bridgehead atoms. The predicted molar refractivity (Wildman–Crippen MR) is 49.1 cm³/mol. The number of benzene rings is 1. The van der Waals surface area contributed by atoms with Crippen molar-refractivity contribution in [3.8, 4) is 0 Å². The van der Waals surface area contributed by atoms with Gasteiger partial charge in [-0.3, -0.25) is 0 Å². The quantitative estimate of drug-likeness (QED) is 0.772. The Morgan fingerprint density at radius 3 is 2.43 bits per heavy atom. The summed E-state index contributed by atoms with van der Waals surface area (Å²) in [5.74, 6) is -0.984. The van der Waals surface area contributed by atoms with Gasteiger partial charge in [0.25, 0.3) is 0 Å². The molecular formula is C10H9NO2Pt. The first-order chi connectivity index (χ1) is 6.07. The van der Waals surface area contributed by atoms with Crippen LogP contribution in [-0.4, -0.2) is 11.1 Å². The number of carbonyl (C=O) groups is 1. The molecule has 0 spiro atoms. The van der Waals surface area contributed by atoms with E-state index in [0.29, 0.717) is 11.3 Å². The summed E-state index contributed by atoms with van der Waals surface area (Å²) in [6, 6.07) is 3.19. The monoisotopic (exact) mass is 370 g/mol. The van der Waals surface area contributed by atoms with Crippen LogP contribution in [-0.2, 0) is 21.1 Å². The molecule has 3 nitrogen and oxygen atoms in total. The van der Waals surface area contributed by atoms with Crippen molar-refractivity contribution in [2.75, 3.05) is 0 Å². The van der Waals surface area contributed by atoms with Gasteiger partial charge >= 0.3 is 5.97 Å². The zero-order valence-corrected chi connectivity index (χ0v) is 10.0. The molecule has 0 saturated carbocycles. The van der Waals surface area contributed by atoms with Crippen LogP contribution in [0.4, 0.5) is 5.69 Å². The van der Waals surface area contributed by atoms with Crippen LogP contribution in [0.5, 0.6) is 0 Å². The maximum absolute atomic E-state index is 10.7. The second-order valence-corrected chi connectivity index (χ2v) is 2.82. The van der Waals surface area contributed by atoms with E-state index in [0.717, 1.165) is 5.56 Å². The van der Waals surface area contributed by atoms with Crippen molar-refractivity contribution in [2.24, 2.45) is 0 Å². The number of carboxylic acid groups (broad SMARTS) is 1. The van der Waals surface area contributed by atoms with Crippen molar-refractivity contribution < 1.29 is 31.0 Å². The van der Waals surface area contributed by atoms with Crippen molar-refractivity contribution in [1.82, 2.24) is 0 Å². The first kappa shape index (κ1) is 12.9. The van der Waals surface area contributed by atoms with Gasteiger partial charge in [-0.1, -0.05) is 6.07 Å². The molecule has 0 unspecified atom stereocenters. The molecule has 0 fully saturated rings. The molecule has 0 atom stereocenters. The van der Waals surface area contributed by atoms with Crippen LogP contribution in [0.2, 0.25) is 0 Å². The molecule has 1 aromatic carbocycles. The number of carboxylic acids is 1. The first-order valence-corrected chi connectivity index (χ1v) is 3.79. The Hall–Kier alpha value is -1.13. The van der Waals surface area contributed by atoms with Crippen LogP contribution < -0.4 is 0 Å². The molecule has 14 heavy (non-hydrogen) atoms. The fraction of sp³-hybridized carbons (Fsp3) is 0.200. The van der Waals surface area contributed by atoms with Crippen LogP contribution >= 0.6 is 0 Å². The largest absolute Gasteiger partial charge is 0.478 e. The van der Waals surface area contributed by atoms with Gasteiger partial charge in [-0.25, -0.2) is 9.64 Å². The fourth-order valence-corrected chi connectivity index (χ4v) is 1.24. The van der Waals surface area contributed by atoms with Crippen LogP contribution in [0, 0.1) is 20.4 Å². The van der Waals surface area contributed by atoms with Gasteiger partial charge in [-0.05, 0) is 31.0 Å². The molecule has 0 aliphatic heterocycles. The molecule has 1 rings (SSSR count). The summed E-state index contributed by atoms with van der Waals surface area (Å²) in [5.41, 5.74) is 2.01. The third-order valence-electron chi connectivity index (χ3n) is 1.97. The first-order valence-electron chi connectivity index (χ1n) is 3.79. The molecule has 0 heterocycles. The Morgan fingerprint density at radius 1 is 1.43 bits per heavy atom. The molecule has 0 saturated heterocycles. The smallest absolute Gasteiger partial charge is 0.334 e. The van der Waals surface area contributed by atoms with Gasteiger partial charge in [-0.15, -0.1) is 0 Å². The van der Waals surface area contributed by atoms with E-state index >= 15 is 0 Å². The number of nitrogens with zero attached hydrogens (tertiary/aromatic N) is 1. The minimum absolute atomic E-state index is 0. The van der Waals surface area contributed by atoms with Crippen LogP contribution in [0.1, 0.15) is 21.5 Å². The van der Waals surface area contributed by atoms with Crippen molar-refractivity contribution in [3.63, 3.8) is 0 Å². The third-order valence-corrected chi connectivity index (χ3v) is 1.97. The molecule has 0 radical (unpaired) electrons. The van der Waals surface area contributed by atoms with E-state index in [-0.39, 0.29) is 26.6 Å². The Labute approximate surface area is 96.8 Å². The Balaban J connectivity index is 0.00000169. The molecule has 0 aliphatic carbocycles. The average molecular weight is 370 g/mol. The molecular weight excluding hydrogens is 361 g/mol. The van der Waals surface area contributed by atoms with Gasteiger partial charge in [0.15, 0.2) is 5.69 Å². The van der Waals surface area contributed by atoms with Gasteiger partial charge in [0.1, 0.15) is 0 Å². The maximum Gasteiger partial charge on any atom is 0.334 e. The second-order valence-electron chi connectivity index (χ2n) is 2.82. The average Bonchev–Trinajstić information content (AvgIpc) is 2.04. The van der Waals surface area contributed by atoms with E-state index in [2.05, 4.69) is 4.85 Å². The molecule has 76 valence electrons. The zero-order chi connectivity index (χ0) is 10.0. The summed E-state index contributed by atoms with van der Waals surface area (Å²) in [4.78, 5) is 14.0. The number of aryl methyl sites for hydroxylation is 1. The Bertz CT molecular complexity index is 407. The summed E-state index contributed by atoms with van der Waals surface area (Å²) >= 11 is 0. The third kappa shape index (κ3) is 2.21. The van der Waals surface area contributed by atoms with Crippen molar-refractivity contribution in [2.45, 2.75) is 13.8 Å². The molecule has 0 aromatic heterocycles. The molecule has 0 aliphatic rings.